The average molecular weight is 344 g/mol. The Labute approximate surface area is 143 Å². The van der Waals surface area contributed by atoms with Crippen LogP contribution in [0.5, 0.6) is 5.75 Å². The fourth-order valence-electron chi connectivity index (χ4n) is 2.67. The molecule has 5 nitrogen and oxygen atoms in total. The maximum Gasteiger partial charge on any atom is 0.340 e. The van der Waals surface area contributed by atoms with Gasteiger partial charge in [0.2, 0.25) is 0 Å². The molecule has 1 heterocycles. The van der Waals surface area contributed by atoms with E-state index >= 15 is 0 Å². The molecular formula is C19H17FO5. The number of furan rings is 1. The Hall–Kier alpha value is -2.86. The highest BCUT2D eigenvalue weighted by atomic mass is 19.1. The van der Waals surface area contributed by atoms with Crippen molar-refractivity contribution in [3.63, 3.8) is 0 Å². The van der Waals surface area contributed by atoms with Gasteiger partial charge in [-0.15, -0.1) is 0 Å². The van der Waals surface area contributed by atoms with Crippen LogP contribution in [0.15, 0.2) is 40.8 Å². The van der Waals surface area contributed by atoms with Crippen molar-refractivity contribution in [1.82, 2.24) is 0 Å². The summed E-state index contributed by atoms with van der Waals surface area (Å²) >= 11 is 0. The van der Waals surface area contributed by atoms with Gasteiger partial charge in [0.1, 0.15) is 28.5 Å². The molecule has 130 valence electrons. The summed E-state index contributed by atoms with van der Waals surface area (Å²) in [4.78, 5) is 11.8. The van der Waals surface area contributed by atoms with E-state index in [1.807, 2.05) is 13.8 Å². The Kier molecular flexibility index (Phi) is 4.46. The van der Waals surface area contributed by atoms with Gasteiger partial charge >= 0.3 is 5.97 Å². The van der Waals surface area contributed by atoms with Gasteiger partial charge in [0.15, 0.2) is 0 Å². The molecule has 0 unspecified atom stereocenters. The number of halogens is 1. The molecule has 0 radical (unpaired) electrons. The van der Waals surface area contributed by atoms with Crippen LogP contribution in [0.25, 0.3) is 22.3 Å². The second-order valence-electron chi connectivity index (χ2n) is 5.90. The standard InChI is InChI=1S/C19H17FO5/c1-10(2)24-15-8-14-16(7-12(15)9-21)25-18(17(14)19(22)23)11-3-5-13(20)6-4-11/h3-8,10,21H,9H2,1-2H3,(H,22,23). The predicted octanol–water partition coefficient (Wildman–Crippen LogP) is 4.22. The van der Waals surface area contributed by atoms with Crippen LogP contribution in [0.2, 0.25) is 0 Å². The molecule has 0 spiro atoms. The summed E-state index contributed by atoms with van der Waals surface area (Å²) in [6.07, 6.45) is -0.139. The van der Waals surface area contributed by atoms with Crippen LogP contribution in [0.3, 0.4) is 0 Å². The van der Waals surface area contributed by atoms with Gasteiger partial charge in [-0.2, -0.15) is 0 Å². The summed E-state index contributed by atoms with van der Waals surface area (Å²) in [5.41, 5.74) is 1.24. The average Bonchev–Trinajstić information content (AvgIpc) is 2.92. The normalized spacial score (nSPS) is 11.2. The Balaban J connectivity index is 2.26. The van der Waals surface area contributed by atoms with E-state index in [0.717, 1.165) is 0 Å². The lowest BCUT2D eigenvalue weighted by atomic mass is 10.0. The number of fused-ring (bicyclic) bond motifs is 1. The van der Waals surface area contributed by atoms with Gasteiger partial charge in [-0.3, -0.25) is 0 Å². The van der Waals surface area contributed by atoms with Crippen LogP contribution < -0.4 is 4.74 Å². The van der Waals surface area contributed by atoms with Crippen LogP contribution in [-0.4, -0.2) is 22.3 Å². The molecule has 2 aromatic carbocycles. The van der Waals surface area contributed by atoms with Crippen molar-refractivity contribution in [2.45, 2.75) is 26.6 Å². The zero-order valence-electron chi connectivity index (χ0n) is 13.7. The number of aliphatic hydroxyl groups is 1. The maximum atomic E-state index is 13.1. The van der Waals surface area contributed by atoms with Crippen LogP contribution in [-0.2, 0) is 6.61 Å². The number of hydrogen-bond donors (Lipinski definition) is 2. The number of hydrogen-bond acceptors (Lipinski definition) is 4. The second kappa shape index (κ2) is 6.57. The van der Waals surface area contributed by atoms with Crippen molar-refractivity contribution in [2.75, 3.05) is 0 Å². The zero-order chi connectivity index (χ0) is 18.1. The van der Waals surface area contributed by atoms with E-state index in [1.54, 1.807) is 12.1 Å². The first-order chi connectivity index (χ1) is 11.9. The predicted molar refractivity (Wildman–Crippen MR) is 90.3 cm³/mol. The monoisotopic (exact) mass is 344 g/mol. The minimum Gasteiger partial charge on any atom is -0.491 e. The molecule has 2 N–H and O–H groups in total. The molecule has 3 rings (SSSR count). The van der Waals surface area contributed by atoms with Gasteiger partial charge in [0.25, 0.3) is 0 Å². The number of carbonyl (C=O) groups is 1. The molecule has 0 atom stereocenters. The summed E-state index contributed by atoms with van der Waals surface area (Å²) in [5.74, 6) is -1.05. The molecule has 25 heavy (non-hydrogen) atoms. The van der Waals surface area contributed by atoms with Crippen LogP contribution >= 0.6 is 0 Å². The summed E-state index contributed by atoms with van der Waals surface area (Å²) in [6.45, 7) is 3.40. The Morgan fingerprint density at radius 1 is 1.24 bits per heavy atom. The van der Waals surface area contributed by atoms with Crippen molar-refractivity contribution in [3.05, 3.63) is 53.3 Å². The van der Waals surface area contributed by atoms with Gasteiger partial charge in [-0.1, -0.05) is 0 Å². The number of ether oxygens (including phenoxy) is 1. The molecule has 0 saturated carbocycles. The molecule has 0 fully saturated rings. The van der Waals surface area contributed by atoms with Crippen molar-refractivity contribution in [3.8, 4) is 17.1 Å². The highest BCUT2D eigenvalue weighted by Gasteiger charge is 2.23. The molecule has 6 heteroatoms. The lowest BCUT2D eigenvalue weighted by Gasteiger charge is -2.13. The summed E-state index contributed by atoms with van der Waals surface area (Å²) in [5, 5.41) is 19.5. The van der Waals surface area contributed by atoms with Crippen molar-refractivity contribution < 1.29 is 28.6 Å². The van der Waals surface area contributed by atoms with Crippen LogP contribution in [0.4, 0.5) is 4.39 Å². The fourth-order valence-corrected chi connectivity index (χ4v) is 2.67. The Bertz CT molecular complexity index is 925. The van der Waals surface area contributed by atoms with E-state index in [1.165, 1.54) is 24.3 Å². The fraction of sp³-hybridized carbons (Fsp3) is 0.211. The molecule has 0 aliphatic rings. The van der Waals surface area contributed by atoms with Gasteiger partial charge in [-0.25, -0.2) is 9.18 Å². The van der Waals surface area contributed by atoms with Gasteiger partial charge in [0.05, 0.1) is 12.7 Å². The number of carboxylic acids is 1. The summed E-state index contributed by atoms with van der Waals surface area (Å²) in [6, 6.07) is 8.50. The molecule has 0 bridgehead atoms. The number of aromatic carboxylic acids is 1. The first kappa shape index (κ1) is 17.0. The van der Waals surface area contributed by atoms with Crippen molar-refractivity contribution >= 4 is 16.9 Å². The third-order valence-electron chi connectivity index (χ3n) is 3.72. The molecule has 0 saturated heterocycles. The summed E-state index contributed by atoms with van der Waals surface area (Å²) in [7, 11) is 0. The molecule has 0 aliphatic heterocycles. The first-order valence-electron chi connectivity index (χ1n) is 7.77. The smallest absolute Gasteiger partial charge is 0.340 e. The van der Waals surface area contributed by atoms with Gasteiger partial charge < -0.3 is 19.4 Å². The highest BCUT2D eigenvalue weighted by molar-refractivity contribution is 6.08. The zero-order valence-corrected chi connectivity index (χ0v) is 13.7. The van der Waals surface area contributed by atoms with Crippen molar-refractivity contribution in [1.29, 1.82) is 0 Å². The third-order valence-corrected chi connectivity index (χ3v) is 3.72. The largest absolute Gasteiger partial charge is 0.491 e. The van der Waals surface area contributed by atoms with Crippen LogP contribution in [0.1, 0.15) is 29.8 Å². The minimum absolute atomic E-state index is 0.0281. The number of rotatable bonds is 5. The topological polar surface area (TPSA) is 79.9 Å². The van der Waals surface area contributed by atoms with Crippen LogP contribution in [0, 0.1) is 5.82 Å². The minimum atomic E-state index is -1.16. The molecule has 1 aromatic heterocycles. The lowest BCUT2D eigenvalue weighted by molar-refractivity contribution is 0.0699. The number of carboxylic acid groups (broad SMARTS) is 1. The van der Waals surface area contributed by atoms with E-state index in [4.69, 9.17) is 9.15 Å². The van der Waals surface area contributed by atoms with Gasteiger partial charge in [0, 0.05) is 16.5 Å². The number of benzene rings is 2. The number of aliphatic hydroxyl groups excluding tert-OH is 1. The Morgan fingerprint density at radius 3 is 2.48 bits per heavy atom. The van der Waals surface area contributed by atoms with Gasteiger partial charge in [-0.05, 0) is 50.2 Å². The second-order valence-corrected chi connectivity index (χ2v) is 5.90. The van der Waals surface area contributed by atoms with E-state index < -0.39 is 11.8 Å². The maximum absolute atomic E-state index is 13.1. The quantitative estimate of drug-likeness (QED) is 0.724. The highest BCUT2D eigenvalue weighted by Crippen LogP contribution is 2.37. The third kappa shape index (κ3) is 3.21. The SMILES string of the molecule is CC(C)Oc1cc2c(C(=O)O)c(-c3ccc(F)cc3)oc2cc1CO. The van der Waals surface area contributed by atoms with E-state index in [0.29, 0.717) is 27.8 Å². The molecule has 0 amide bonds. The summed E-state index contributed by atoms with van der Waals surface area (Å²) < 4.78 is 24.5. The lowest BCUT2D eigenvalue weighted by Crippen LogP contribution is -2.07. The molecule has 0 aliphatic carbocycles. The first-order valence-corrected chi connectivity index (χ1v) is 7.77. The van der Waals surface area contributed by atoms with E-state index in [9.17, 15) is 19.4 Å². The molecular weight excluding hydrogens is 327 g/mol. The van der Waals surface area contributed by atoms with E-state index in [2.05, 4.69) is 0 Å². The van der Waals surface area contributed by atoms with E-state index in [-0.39, 0.29) is 24.0 Å². The Morgan fingerprint density at radius 2 is 1.92 bits per heavy atom. The van der Waals surface area contributed by atoms with Crippen molar-refractivity contribution in [2.24, 2.45) is 0 Å². The molecule has 3 aromatic rings.